The molecule has 1 unspecified atom stereocenters. The van der Waals surface area contributed by atoms with Crippen molar-refractivity contribution in [3.8, 4) is 0 Å². The largest absolute Gasteiger partial charge is 0.318 e. The van der Waals surface area contributed by atoms with Gasteiger partial charge in [-0.1, -0.05) is 26.7 Å². The monoisotopic (exact) mass is 134 g/mol. The molecule has 50 valence electrons. The topological polar surface area (TPSA) is 0 Å². The van der Waals surface area contributed by atoms with Crippen molar-refractivity contribution >= 4 is 9.13 Å². The molecule has 0 nitrogen and oxygen atoms in total. The fourth-order valence-electron chi connectivity index (χ4n) is 0.630. The van der Waals surface area contributed by atoms with Crippen LogP contribution in [0.25, 0.3) is 0 Å². The Morgan fingerprint density at radius 2 is 2.00 bits per heavy atom. The SMILES string of the molecule is CCCC[SiH](F)CC. The molecular weight excluding hydrogens is 119 g/mol. The van der Waals surface area contributed by atoms with E-state index in [0.717, 1.165) is 24.9 Å². The highest BCUT2D eigenvalue weighted by atomic mass is 28.3. The Morgan fingerprint density at radius 3 is 2.38 bits per heavy atom. The normalized spacial score (nSPS) is 13.9. The minimum atomic E-state index is -1.70. The van der Waals surface area contributed by atoms with Crippen LogP contribution in [0.3, 0.4) is 0 Å². The molecule has 0 aromatic rings. The van der Waals surface area contributed by atoms with E-state index in [1.807, 2.05) is 6.92 Å². The van der Waals surface area contributed by atoms with Crippen LogP contribution in [0.1, 0.15) is 26.7 Å². The molecule has 1 atom stereocenters. The summed E-state index contributed by atoms with van der Waals surface area (Å²) in [7, 11) is -1.70. The van der Waals surface area contributed by atoms with Crippen LogP contribution in [0.15, 0.2) is 0 Å². The Labute approximate surface area is 52.9 Å². The lowest BCUT2D eigenvalue weighted by molar-refractivity contribution is 0.770. The van der Waals surface area contributed by atoms with Crippen LogP contribution in [0.2, 0.25) is 12.1 Å². The molecule has 0 bridgehead atoms. The first-order chi connectivity index (χ1) is 3.81. The average molecular weight is 134 g/mol. The van der Waals surface area contributed by atoms with Gasteiger partial charge < -0.3 is 4.11 Å². The molecule has 0 rings (SSSR count). The van der Waals surface area contributed by atoms with E-state index in [4.69, 9.17) is 0 Å². The molecule has 8 heavy (non-hydrogen) atoms. The molecule has 0 saturated heterocycles. The number of halogens is 1. The van der Waals surface area contributed by atoms with Gasteiger partial charge in [-0.05, 0) is 12.1 Å². The first-order valence-electron chi connectivity index (χ1n) is 3.45. The molecule has 0 N–H and O–H groups in total. The molecule has 0 fully saturated rings. The van der Waals surface area contributed by atoms with Crippen molar-refractivity contribution in [1.82, 2.24) is 0 Å². The quantitative estimate of drug-likeness (QED) is 0.409. The van der Waals surface area contributed by atoms with E-state index < -0.39 is 9.13 Å². The van der Waals surface area contributed by atoms with Crippen LogP contribution in [-0.4, -0.2) is 9.13 Å². The van der Waals surface area contributed by atoms with Crippen molar-refractivity contribution in [1.29, 1.82) is 0 Å². The van der Waals surface area contributed by atoms with Crippen molar-refractivity contribution in [2.75, 3.05) is 0 Å². The van der Waals surface area contributed by atoms with Gasteiger partial charge in [0.15, 0.2) is 0 Å². The zero-order valence-electron chi connectivity index (χ0n) is 5.78. The van der Waals surface area contributed by atoms with Crippen molar-refractivity contribution < 1.29 is 4.11 Å². The van der Waals surface area contributed by atoms with Gasteiger partial charge in [0.2, 0.25) is 9.13 Å². The maximum absolute atomic E-state index is 12.5. The van der Waals surface area contributed by atoms with Gasteiger partial charge in [0.1, 0.15) is 0 Å². The first-order valence-corrected chi connectivity index (χ1v) is 5.52. The lowest BCUT2D eigenvalue weighted by atomic mass is 10.4. The highest BCUT2D eigenvalue weighted by molar-refractivity contribution is 6.50. The van der Waals surface area contributed by atoms with Crippen molar-refractivity contribution in [2.45, 2.75) is 38.8 Å². The predicted molar refractivity (Wildman–Crippen MR) is 38.5 cm³/mol. The van der Waals surface area contributed by atoms with E-state index in [2.05, 4.69) is 6.92 Å². The third-order valence-corrected chi connectivity index (χ3v) is 3.23. The van der Waals surface area contributed by atoms with Gasteiger partial charge in [-0.15, -0.1) is 0 Å². The van der Waals surface area contributed by atoms with E-state index in [1.54, 1.807) is 0 Å². The number of hydrogen-bond acceptors (Lipinski definition) is 0. The average Bonchev–Trinajstić information content (AvgIpc) is 1.83. The van der Waals surface area contributed by atoms with E-state index in [-0.39, 0.29) is 0 Å². The maximum atomic E-state index is 12.5. The summed E-state index contributed by atoms with van der Waals surface area (Å²) in [6, 6.07) is 1.72. The van der Waals surface area contributed by atoms with Gasteiger partial charge in [-0.25, -0.2) is 0 Å². The summed E-state index contributed by atoms with van der Waals surface area (Å²) in [4.78, 5) is 0. The summed E-state index contributed by atoms with van der Waals surface area (Å²) >= 11 is 0. The van der Waals surface area contributed by atoms with Crippen molar-refractivity contribution in [3.05, 3.63) is 0 Å². The number of unbranched alkanes of at least 4 members (excludes halogenated alkanes) is 1. The summed E-state index contributed by atoms with van der Waals surface area (Å²) in [6.07, 6.45) is 2.24. The highest BCUT2D eigenvalue weighted by Gasteiger charge is 2.03. The van der Waals surface area contributed by atoms with E-state index in [1.165, 1.54) is 0 Å². The molecule has 0 aliphatic carbocycles. The fraction of sp³-hybridized carbons (Fsp3) is 1.00. The van der Waals surface area contributed by atoms with Crippen LogP contribution < -0.4 is 0 Å². The fourth-order valence-corrected chi connectivity index (χ4v) is 1.89. The maximum Gasteiger partial charge on any atom is 0.231 e. The zero-order valence-corrected chi connectivity index (χ0v) is 6.94. The molecule has 0 aromatic heterocycles. The summed E-state index contributed by atoms with van der Waals surface area (Å²) in [6.45, 7) is 4.06. The second-order valence-electron chi connectivity index (χ2n) is 2.15. The van der Waals surface area contributed by atoms with Gasteiger partial charge in [-0.2, -0.15) is 0 Å². The van der Waals surface area contributed by atoms with Crippen LogP contribution >= 0.6 is 0 Å². The number of hydrogen-bond donors (Lipinski definition) is 0. The molecule has 2 heteroatoms. The smallest absolute Gasteiger partial charge is 0.231 e. The Kier molecular flexibility index (Phi) is 5.38. The molecule has 0 radical (unpaired) electrons. The molecule has 0 saturated carbocycles. The zero-order chi connectivity index (χ0) is 6.41. The second kappa shape index (κ2) is 5.29. The van der Waals surface area contributed by atoms with Crippen LogP contribution in [-0.2, 0) is 0 Å². The number of rotatable bonds is 4. The van der Waals surface area contributed by atoms with Gasteiger partial charge >= 0.3 is 0 Å². The van der Waals surface area contributed by atoms with E-state index in [0.29, 0.717) is 0 Å². The van der Waals surface area contributed by atoms with E-state index >= 15 is 0 Å². The Balaban J connectivity index is 2.86. The molecule has 0 aliphatic heterocycles. The van der Waals surface area contributed by atoms with Crippen molar-refractivity contribution in [2.24, 2.45) is 0 Å². The van der Waals surface area contributed by atoms with Gasteiger partial charge in [0.25, 0.3) is 0 Å². The van der Waals surface area contributed by atoms with E-state index in [9.17, 15) is 4.11 Å². The predicted octanol–water partition coefficient (Wildman–Crippen LogP) is 2.50. The Hall–Kier alpha value is 0.147. The lowest BCUT2D eigenvalue weighted by Crippen LogP contribution is -2.00. The Bertz CT molecular complexity index is 47.8. The van der Waals surface area contributed by atoms with Crippen LogP contribution in [0.4, 0.5) is 4.11 Å². The highest BCUT2D eigenvalue weighted by Crippen LogP contribution is 2.04. The van der Waals surface area contributed by atoms with Gasteiger partial charge in [-0.3, -0.25) is 0 Å². The summed E-state index contributed by atoms with van der Waals surface area (Å²) in [5, 5.41) is 0. The molecule has 0 aliphatic rings. The first kappa shape index (κ1) is 8.15. The minimum absolute atomic E-state index is 0.819. The summed E-state index contributed by atoms with van der Waals surface area (Å²) in [5.41, 5.74) is 0. The summed E-state index contributed by atoms with van der Waals surface area (Å²) in [5.74, 6) is 0. The third kappa shape index (κ3) is 4.31. The van der Waals surface area contributed by atoms with Crippen LogP contribution in [0, 0.1) is 0 Å². The minimum Gasteiger partial charge on any atom is -0.318 e. The summed E-state index contributed by atoms with van der Waals surface area (Å²) < 4.78 is 12.5. The third-order valence-electron chi connectivity index (χ3n) is 1.31. The lowest BCUT2D eigenvalue weighted by Gasteiger charge is -1.97. The molecule has 0 amide bonds. The standard InChI is InChI=1S/C6H15FSi/c1-3-5-6-8(7)4-2/h8H,3-6H2,1-2H3. The molecule has 0 spiro atoms. The molecule has 0 aromatic carbocycles. The van der Waals surface area contributed by atoms with Gasteiger partial charge in [0.05, 0.1) is 0 Å². The van der Waals surface area contributed by atoms with Crippen molar-refractivity contribution in [3.63, 3.8) is 0 Å². The molecular formula is C6H15FSi. The Morgan fingerprint density at radius 1 is 1.38 bits per heavy atom. The van der Waals surface area contributed by atoms with Crippen LogP contribution in [0.5, 0.6) is 0 Å². The van der Waals surface area contributed by atoms with Gasteiger partial charge in [0, 0.05) is 0 Å². The second-order valence-corrected chi connectivity index (χ2v) is 4.74. The molecule has 0 heterocycles.